The molecule has 0 saturated heterocycles. The summed E-state index contributed by atoms with van der Waals surface area (Å²) in [6.07, 6.45) is -0.257. The molecule has 1 heterocycles. The second kappa shape index (κ2) is 10.9. The second-order valence-electron chi connectivity index (χ2n) is 7.71. The van der Waals surface area contributed by atoms with Crippen molar-refractivity contribution in [2.75, 3.05) is 28.7 Å². The Balaban J connectivity index is 1.54. The van der Waals surface area contributed by atoms with E-state index in [9.17, 15) is 14.4 Å². The molecule has 9 heteroatoms. The van der Waals surface area contributed by atoms with Crippen LogP contribution < -0.4 is 25.0 Å². The molecule has 1 atom stereocenters. The lowest BCUT2D eigenvalue weighted by Crippen LogP contribution is -2.53. The summed E-state index contributed by atoms with van der Waals surface area (Å²) in [7, 11) is 0. The number of nitrogens with one attached hydrogen (secondary N) is 2. The lowest BCUT2D eigenvalue weighted by molar-refractivity contribution is -0.127. The number of hydrogen-bond donors (Lipinski definition) is 2. The lowest BCUT2D eigenvalue weighted by Gasteiger charge is -2.36. The van der Waals surface area contributed by atoms with E-state index in [1.54, 1.807) is 72.8 Å². The van der Waals surface area contributed by atoms with Crippen LogP contribution in [-0.2, 0) is 14.4 Å². The van der Waals surface area contributed by atoms with Crippen LogP contribution in [0.5, 0.6) is 11.5 Å². The van der Waals surface area contributed by atoms with E-state index in [-0.39, 0.29) is 13.0 Å². The standard InChI is InChI=1S/C26H24ClN3O5/c1-2-34-23-10-6-4-8-20(23)28-24(31)15-22-26(33)29-19-7-3-5-9-21(19)30(22)25(32)16-35-18-13-11-17(27)12-14-18/h3-14,22H,2,15-16H2,1H3,(H,28,31)(H,29,33). The summed E-state index contributed by atoms with van der Waals surface area (Å²) < 4.78 is 11.2. The quantitative estimate of drug-likeness (QED) is 0.481. The summed E-state index contributed by atoms with van der Waals surface area (Å²) in [5, 5.41) is 6.11. The second-order valence-corrected chi connectivity index (χ2v) is 8.15. The molecule has 0 bridgehead atoms. The first-order chi connectivity index (χ1) is 17.0. The molecule has 8 nitrogen and oxygen atoms in total. The molecule has 0 aromatic heterocycles. The Labute approximate surface area is 207 Å². The molecule has 0 fully saturated rings. The van der Waals surface area contributed by atoms with Crippen molar-refractivity contribution in [1.29, 1.82) is 0 Å². The van der Waals surface area contributed by atoms with Crippen LogP contribution in [0.1, 0.15) is 13.3 Å². The van der Waals surface area contributed by atoms with E-state index < -0.39 is 23.8 Å². The molecule has 3 aromatic carbocycles. The van der Waals surface area contributed by atoms with E-state index in [0.717, 1.165) is 0 Å². The fourth-order valence-electron chi connectivity index (χ4n) is 3.76. The Morgan fingerprint density at radius 3 is 2.49 bits per heavy atom. The van der Waals surface area contributed by atoms with Crippen LogP contribution in [0.4, 0.5) is 17.1 Å². The number of halogens is 1. The van der Waals surface area contributed by atoms with Gasteiger partial charge in [0, 0.05) is 5.02 Å². The van der Waals surface area contributed by atoms with Gasteiger partial charge >= 0.3 is 0 Å². The van der Waals surface area contributed by atoms with Crippen molar-refractivity contribution in [3.63, 3.8) is 0 Å². The molecular weight excluding hydrogens is 470 g/mol. The van der Waals surface area contributed by atoms with E-state index in [2.05, 4.69) is 10.6 Å². The van der Waals surface area contributed by atoms with Gasteiger partial charge in [-0.1, -0.05) is 35.9 Å². The molecule has 1 aliphatic heterocycles. The van der Waals surface area contributed by atoms with Crippen molar-refractivity contribution in [2.45, 2.75) is 19.4 Å². The fourth-order valence-corrected chi connectivity index (χ4v) is 3.88. The van der Waals surface area contributed by atoms with Gasteiger partial charge in [0.1, 0.15) is 17.5 Å². The first kappa shape index (κ1) is 24.1. The lowest BCUT2D eigenvalue weighted by atomic mass is 10.0. The minimum absolute atomic E-state index is 0.257. The number of rotatable bonds is 8. The third kappa shape index (κ3) is 5.73. The van der Waals surface area contributed by atoms with Crippen molar-refractivity contribution in [3.05, 3.63) is 77.8 Å². The van der Waals surface area contributed by atoms with Crippen molar-refractivity contribution in [3.8, 4) is 11.5 Å². The Hall–Kier alpha value is -4.04. The van der Waals surface area contributed by atoms with E-state index >= 15 is 0 Å². The smallest absolute Gasteiger partial charge is 0.265 e. The van der Waals surface area contributed by atoms with Crippen molar-refractivity contribution >= 4 is 46.4 Å². The molecule has 1 aliphatic rings. The average molecular weight is 494 g/mol. The number of nitrogens with zero attached hydrogens (tertiary/aromatic N) is 1. The molecule has 0 spiro atoms. The highest BCUT2D eigenvalue weighted by Crippen LogP contribution is 2.33. The molecule has 0 aliphatic carbocycles. The highest BCUT2D eigenvalue weighted by Gasteiger charge is 2.38. The van der Waals surface area contributed by atoms with Crippen LogP contribution in [0.3, 0.4) is 0 Å². The Kier molecular flexibility index (Phi) is 7.52. The van der Waals surface area contributed by atoms with Gasteiger partial charge in [-0.2, -0.15) is 0 Å². The summed E-state index contributed by atoms with van der Waals surface area (Å²) in [5.41, 5.74) is 1.46. The van der Waals surface area contributed by atoms with Crippen LogP contribution in [0.25, 0.3) is 0 Å². The summed E-state index contributed by atoms with van der Waals surface area (Å²) in [5.74, 6) is -0.384. The molecule has 35 heavy (non-hydrogen) atoms. The number of carbonyl (C=O) groups excluding carboxylic acids is 3. The average Bonchev–Trinajstić information content (AvgIpc) is 2.85. The first-order valence-electron chi connectivity index (χ1n) is 11.1. The molecule has 1 unspecified atom stereocenters. The summed E-state index contributed by atoms with van der Waals surface area (Å²) in [4.78, 5) is 40.5. The number of amides is 3. The van der Waals surface area contributed by atoms with E-state index in [1.807, 2.05) is 6.92 Å². The summed E-state index contributed by atoms with van der Waals surface area (Å²) >= 11 is 5.90. The number of para-hydroxylation sites is 4. The van der Waals surface area contributed by atoms with Gasteiger partial charge in [0.05, 0.1) is 30.1 Å². The van der Waals surface area contributed by atoms with Gasteiger partial charge < -0.3 is 20.1 Å². The maximum absolute atomic E-state index is 13.3. The van der Waals surface area contributed by atoms with Crippen molar-refractivity contribution < 1.29 is 23.9 Å². The Bertz CT molecular complexity index is 1230. The number of ether oxygens (including phenoxy) is 2. The predicted octanol–water partition coefficient (Wildman–Crippen LogP) is 4.50. The maximum Gasteiger partial charge on any atom is 0.265 e. The zero-order valence-corrected chi connectivity index (χ0v) is 19.7. The minimum atomic E-state index is -1.06. The van der Waals surface area contributed by atoms with Crippen molar-refractivity contribution in [2.24, 2.45) is 0 Å². The van der Waals surface area contributed by atoms with Crippen LogP contribution >= 0.6 is 11.6 Å². The van der Waals surface area contributed by atoms with Gasteiger partial charge in [0.2, 0.25) is 11.8 Å². The Morgan fingerprint density at radius 2 is 1.71 bits per heavy atom. The molecule has 4 rings (SSSR count). The first-order valence-corrected chi connectivity index (χ1v) is 11.5. The number of carbonyl (C=O) groups is 3. The number of benzene rings is 3. The highest BCUT2D eigenvalue weighted by molar-refractivity contribution is 6.30. The van der Waals surface area contributed by atoms with Gasteiger partial charge in [0.15, 0.2) is 6.61 Å². The van der Waals surface area contributed by atoms with Gasteiger partial charge in [-0.15, -0.1) is 0 Å². The minimum Gasteiger partial charge on any atom is -0.492 e. The van der Waals surface area contributed by atoms with Crippen molar-refractivity contribution in [1.82, 2.24) is 0 Å². The molecule has 0 saturated carbocycles. The summed E-state index contributed by atoms with van der Waals surface area (Å²) in [6, 6.07) is 19.5. The molecule has 180 valence electrons. The zero-order valence-electron chi connectivity index (χ0n) is 19.0. The highest BCUT2D eigenvalue weighted by atomic mass is 35.5. The largest absolute Gasteiger partial charge is 0.492 e. The van der Waals surface area contributed by atoms with E-state index in [1.165, 1.54) is 4.90 Å². The summed E-state index contributed by atoms with van der Waals surface area (Å²) in [6.45, 7) is 1.96. The maximum atomic E-state index is 13.3. The monoisotopic (exact) mass is 493 g/mol. The Morgan fingerprint density at radius 1 is 1.00 bits per heavy atom. The molecular formula is C26H24ClN3O5. The normalized spacial score (nSPS) is 14.5. The third-order valence-electron chi connectivity index (χ3n) is 5.32. The molecule has 3 amide bonds. The number of hydrogen-bond acceptors (Lipinski definition) is 5. The van der Waals surface area contributed by atoms with Gasteiger partial charge in [-0.25, -0.2) is 0 Å². The van der Waals surface area contributed by atoms with Gasteiger partial charge in [-0.05, 0) is 55.5 Å². The SMILES string of the molecule is CCOc1ccccc1NC(=O)CC1C(=O)Nc2ccccc2N1C(=O)COc1ccc(Cl)cc1. The molecule has 0 radical (unpaired) electrons. The van der Waals surface area contributed by atoms with Gasteiger partial charge in [0.25, 0.3) is 5.91 Å². The third-order valence-corrected chi connectivity index (χ3v) is 5.57. The number of anilines is 3. The van der Waals surface area contributed by atoms with Crippen LogP contribution in [-0.4, -0.2) is 37.0 Å². The fraction of sp³-hybridized carbons (Fsp3) is 0.192. The van der Waals surface area contributed by atoms with E-state index in [0.29, 0.717) is 40.2 Å². The van der Waals surface area contributed by atoms with Gasteiger partial charge in [-0.3, -0.25) is 19.3 Å². The zero-order chi connectivity index (χ0) is 24.8. The van der Waals surface area contributed by atoms with Crippen LogP contribution in [0.2, 0.25) is 5.02 Å². The van der Waals surface area contributed by atoms with E-state index in [4.69, 9.17) is 21.1 Å². The topological polar surface area (TPSA) is 97.0 Å². The van der Waals surface area contributed by atoms with Crippen LogP contribution in [0, 0.1) is 0 Å². The number of fused-ring (bicyclic) bond motifs is 1. The molecule has 2 N–H and O–H groups in total. The van der Waals surface area contributed by atoms with Crippen LogP contribution in [0.15, 0.2) is 72.8 Å². The predicted molar refractivity (Wildman–Crippen MR) is 134 cm³/mol. The molecule has 3 aromatic rings.